The van der Waals surface area contributed by atoms with Crippen LogP contribution >= 0.6 is 11.6 Å². The maximum atomic E-state index is 12.9. The maximum absolute atomic E-state index is 12.9. The van der Waals surface area contributed by atoms with Gasteiger partial charge in [0.1, 0.15) is 18.2 Å². The number of benzene rings is 1. The number of anilines is 1. The molecule has 1 aromatic heterocycles. The van der Waals surface area contributed by atoms with Gasteiger partial charge in [-0.2, -0.15) is 0 Å². The second kappa shape index (κ2) is 12.4. The smallest absolute Gasteiger partial charge is 0.225 e. The van der Waals surface area contributed by atoms with E-state index in [1.54, 1.807) is 32.2 Å². The van der Waals surface area contributed by atoms with Crippen LogP contribution in [0.1, 0.15) is 57.7 Å². The van der Waals surface area contributed by atoms with E-state index in [1.807, 2.05) is 18.7 Å². The molecule has 1 aliphatic carbocycles. The molecule has 2 saturated heterocycles. The van der Waals surface area contributed by atoms with Crippen molar-refractivity contribution in [2.75, 3.05) is 44.8 Å². The first-order valence-corrected chi connectivity index (χ1v) is 15.4. The molecule has 2 aromatic rings. The lowest BCUT2D eigenvalue weighted by molar-refractivity contribution is -0.156. The molecule has 3 aliphatic rings. The fraction of sp³-hybridized carbons (Fsp3) is 0.562. The van der Waals surface area contributed by atoms with E-state index in [-0.39, 0.29) is 35.7 Å². The van der Waals surface area contributed by atoms with Crippen LogP contribution in [0.3, 0.4) is 0 Å². The van der Waals surface area contributed by atoms with Gasteiger partial charge in [-0.25, -0.2) is 9.97 Å². The molecule has 3 fully saturated rings. The number of hydrogen-bond acceptors (Lipinski definition) is 9. The normalized spacial score (nSPS) is 19.3. The van der Waals surface area contributed by atoms with Gasteiger partial charge in [0.15, 0.2) is 11.6 Å². The van der Waals surface area contributed by atoms with Crippen LogP contribution in [0, 0.1) is 18.3 Å². The Labute approximate surface area is 258 Å². The van der Waals surface area contributed by atoms with Crippen molar-refractivity contribution in [3.63, 3.8) is 0 Å². The lowest BCUT2D eigenvalue weighted by atomic mass is 9.57. The number of allylic oxidation sites excluding steroid dienone is 2. The summed E-state index contributed by atoms with van der Waals surface area (Å²) in [6, 6.07) is 5.22. The van der Waals surface area contributed by atoms with E-state index in [4.69, 9.17) is 36.8 Å². The molecular weight excluding hydrogens is 570 g/mol. The van der Waals surface area contributed by atoms with Gasteiger partial charge in [-0.3, -0.25) is 9.59 Å². The number of rotatable bonds is 11. The molecule has 0 unspecified atom stereocenters. The highest BCUT2D eigenvalue weighted by atomic mass is 35.5. The number of nitrogens with two attached hydrogens (primary N) is 1. The number of likely N-dealkylation sites (tertiary alicyclic amines) is 1. The van der Waals surface area contributed by atoms with E-state index in [9.17, 15) is 14.7 Å². The van der Waals surface area contributed by atoms with Gasteiger partial charge in [0.25, 0.3) is 0 Å². The highest BCUT2D eigenvalue weighted by Crippen LogP contribution is 2.54. The first kappa shape index (κ1) is 31.2. The fourth-order valence-electron chi connectivity index (χ4n) is 6.54. The third kappa shape index (κ3) is 6.23. The SMILES string of the molecule is CCC[C@@H](O)COc1ccc(Cl)c(-c2nc(C(C(C)=O)=C(C)N)c(C)c(N3CC4(CC(C(=O)N5CC(OC)C5)C4)C3)n2)c1. The zero-order valence-corrected chi connectivity index (χ0v) is 26.4. The standard InChI is InChI=1S/C32H42ClN5O5/c1-6-7-22(40)15-43-23-8-9-26(33)25(10-23)29-35-28(27(19(3)34)20(4)39)18(2)30(36-29)38-16-32(17-38)11-21(12-32)31(41)37-13-24(14-37)42-5/h8-10,21-22,24,40H,6-7,11-17,34H2,1-5H3/t22-/m1/s1. The Hall–Kier alpha value is -3.21. The molecule has 1 amide bonds. The predicted octanol–water partition coefficient (Wildman–Crippen LogP) is 4.00. The van der Waals surface area contributed by atoms with Gasteiger partial charge in [-0.1, -0.05) is 24.9 Å². The summed E-state index contributed by atoms with van der Waals surface area (Å²) in [7, 11) is 1.68. The zero-order chi connectivity index (χ0) is 31.1. The average Bonchev–Trinajstić information content (AvgIpc) is 2.87. The number of ketones is 1. The number of amides is 1. The third-order valence-corrected chi connectivity index (χ3v) is 9.23. The summed E-state index contributed by atoms with van der Waals surface area (Å²) in [5.74, 6) is 1.70. The van der Waals surface area contributed by atoms with Crippen LogP contribution in [0.15, 0.2) is 23.9 Å². The summed E-state index contributed by atoms with van der Waals surface area (Å²) < 4.78 is 11.2. The molecule has 0 radical (unpaired) electrons. The Kier molecular flexibility index (Phi) is 9.02. The highest BCUT2D eigenvalue weighted by molar-refractivity contribution is 6.33. The first-order valence-electron chi connectivity index (χ1n) is 15.0. The minimum absolute atomic E-state index is 0.0575. The summed E-state index contributed by atoms with van der Waals surface area (Å²) in [4.78, 5) is 39.5. The molecule has 2 aliphatic heterocycles. The quantitative estimate of drug-likeness (QED) is 0.362. The molecule has 10 nitrogen and oxygen atoms in total. The van der Waals surface area contributed by atoms with Crippen LogP contribution in [0.2, 0.25) is 5.02 Å². The monoisotopic (exact) mass is 611 g/mol. The molecule has 3 N–H and O–H groups in total. The molecule has 11 heteroatoms. The number of halogens is 1. The molecule has 232 valence electrons. The zero-order valence-electron chi connectivity index (χ0n) is 25.7. The molecule has 3 heterocycles. The predicted molar refractivity (Wildman–Crippen MR) is 166 cm³/mol. The Morgan fingerprint density at radius 1 is 1.21 bits per heavy atom. The number of Topliss-reactive ketones (excluding diaryl/α,β-unsaturated/α-hetero) is 1. The summed E-state index contributed by atoms with van der Waals surface area (Å²) in [6.45, 7) is 10.1. The van der Waals surface area contributed by atoms with Crippen molar-refractivity contribution >= 4 is 34.7 Å². The molecule has 5 rings (SSSR count). The van der Waals surface area contributed by atoms with Crippen molar-refractivity contribution in [2.24, 2.45) is 17.1 Å². The van der Waals surface area contributed by atoms with Crippen LogP contribution in [0.4, 0.5) is 5.82 Å². The molecule has 1 spiro atoms. The second-order valence-corrected chi connectivity index (χ2v) is 12.8. The molecule has 1 aromatic carbocycles. The minimum atomic E-state index is -0.568. The van der Waals surface area contributed by atoms with Gasteiger partial charge in [0, 0.05) is 61.4 Å². The summed E-state index contributed by atoms with van der Waals surface area (Å²) in [6.07, 6.45) is 2.80. The van der Waals surface area contributed by atoms with Crippen molar-refractivity contribution in [3.8, 4) is 17.1 Å². The van der Waals surface area contributed by atoms with Gasteiger partial charge in [0.05, 0.1) is 28.5 Å². The number of nitrogens with zero attached hydrogens (tertiary/aromatic N) is 4. The number of aliphatic hydroxyl groups is 1. The van der Waals surface area contributed by atoms with E-state index < -0.39 is 6.10 Å². The lowest BCUT2D eigenvalue weighted by Crippen LogP contribution is -2.66. The van der Waals surface area contributed by atoms with Crippen molar-refractivity contribution in [1.82, 2.24) is 14.9 Å². The van der Waals surface area contributed by atoms with Crippen LogP contribution < -0.4 is 15.4 Å². The number of carbonyl (C=O) groups is 2. The van der Waals surface area contributed by atoms with Gasteiger partial charge in [-0.05, 0) is 58.2 Å². The average molecular weight is 612 g/mol. The number of aromatic nitrogens is 2. The highest BCUT2D eigenvalue weighted by Gasteiger charge is 2.56. The largest absolute Gasteiger partial charge is 0.491 e. The Balaban J connectivity index is 1.40. The summed E-state index contributed by atoms with van der Waals surface area (Å²) in [5, 5.41) is 10.6. The van der Waals surface area contributed by atoms with E-state index >= 15 is 0 Å². The van der Waals surface area contributed by atoms with Crippen molar-refractivity contribution < 1.29 is 24.2 Å². The summed E-state index contributed by atoms with van der Waals surface area (Å²) in [5.41, 5.74) is 8.79. The lowest BCUT2D eigenvalue weighted by Gasteiger charge is -2.60. The van der Waals surface area contributed by atoms with Crippen LogP contribution in [-0.4, -0.2) is 83.8 Å². The maximum Gasteiger partial charge on any atom is 0.225 e. The van der Waals surface area contributed by atoms with E-state index in [1.165, 1.54) is 6.92 Å². The Morgan fingerprint density at radius 2 is 1.91 bits per heavy atom. The van der Waals surface area contributed by atoms with Gasteiger partial charge in [0.2, 0.25) is 5.91 Å². The van der Waals surface area contributed by atoms with E-state index in [0.717, 1.165) is 37.9 Å². The molecule has 0 bridgehead atoms. The number of aliphatic hydroxyl groups excluding tert-OH is 1. The minimum Gasteiger partial charge on any atom is -0.491 e. The van der Waals surface area contributed by atoms with Crippen molar-refractivity contribution in [3.05, 3.63) is 40.2 Å². The molecule has 43 heavy (non-hydrogen) atoms. The molecular formula is C32H42ClN5O5. The molecule has 1 atom stereocenters. The fourth-order valence-corrected chi connectivity index (χ4v) is 6.74. The molecule has 1 saturated carbocycles. The number of methoxy groups -OCH3 is 1. The number of ether oxygens (including phenoxy) is 2. The second-order valence-electron chi connectivity index (χ2n) is 12.4. The van der Waals surface area contributed by atoms with Gasteiger partial charge < -0.3 is 30.1 Å². The third-order valence-electron chi connectivity index (χ3n) is 8.90. The Bertz CT molecular complexity index is 1420. The Morgan fingerprint density at radius 3 is 2.51 bits per heavy atom. The van der Waals surface area contributed by atoms with E-state index in [0.29, 0.717) is 64.5 Å². The van der Waals surface area contributed by atoms with Gasteiger partial charge >= 0.3 is 0 Å². The topological polar surface area (TPSA) is 131 Å². The van der Waals surface area contributed by atoms with Crippen LogP contribution in [-0.2, 0) is 14.3 Å². The van der Waals surface area contributed by atoms with Crippen molar-refractivity contribution in [2.45, 2.75) is 65.6 Å². The van der Waals surface area contributed by atoms with Crippen LogP contribution in [0.25, 0.3) is 17.0 Å². The van der Waals surface area contributed by atoms with Gasteiger partial charge in [-0.15, -0.1) is 0 Å². The first-order chi connectivity index (χ1) is 20.4. The van der Waals surface area contributed by atoms with Crippen LogP contribution in [0.5, 0.6) is 5.75 Å². The van der Waals surface area contributed by atoms with E-state index in [2.05, 4.69) is 4.90 Å². The number of carbonyl (C=O) groups excluding carboxylic acids is 2. The number of hydrogen-bond donors (Lipinski definition) is 2. The summed E-state index contributed by atoms with van der Waals surface area (Å²) >= 11 is 6.66. The van der Waals surface area contributed by atoms with Crippen molar-refractivity contribution in [1.29, 1.82) is 0 Å².